The van der Waals surface area contributed by atoms with Crippen molar-refractivity contribution in [3.05, 3.63) is 29.8 Å². The zero-order valence-electron chi connectivity index (χ0n) is 11.7. The minimum atomic E-state index is -1.09. The predicted octanol–water partition coefficient (Wildman–Crippen LogP) is 2.01. The Morgan fingerprint density at radius 1 is 1.30 bits per heavy atom. The average Bonchev–Trinajstić information content (AvgIpc) is 2.39. The van der Waals surface area contributed by atoms with E-state index in [4.69, 9.17) is 10.2 Å². The van der Waals surface area contributed by atoms with E-state index in [0.29, 0.717) is 13.0 Å². The summed E-state index contributed by atoms with van der Waals surface area (Å²) in [5.74, 6) is -1.09. The highest BCUT2D eigenvalue weighted by atomic mass is 16.4. The van der Waals surface area contributed by atoms with Gasteiger partial charge in [0.25, 0.3) is 0 Å². The molecular weight excluding hydrogens is 260 g/mol. The zero-order chi connectivity index (χ0) is 15.1. The van der Waals surface area contributed by atoms with E-state index in [1.807, 2.05) is 13.8 Å². The van der Waals surface area contributed by atoms with Crippen molar-refractivity contribution in [1.82, 2.24) is 4.90 Å². The number of urea groups is 1. The summed E-state index contributed by atoms with van der Waals surface area (Å²) in [5, 5.41) is 20.5. The quantitative estimate of drug-likeness (QED) is 0.743. The number of hydrogen-bond acceptors (Lipinski definition) is 3. The van der Waals surface area contributed by atoms with Gasteiger partial charge < -0.3 is 20.4 Å². The third kappa shape index (κ3) is 4.24. The number of carbonyl (C=O) groups is 2. The van der Waals surface area contributed by atoms with Gasteiger partial charge in [-0.3, -0.25) is 0 Å². The van der Waals surface area contributed by atoms with Gasteiger partial charge >= 0.3 is 12.0 Å². The number of aromatic carboxylic acids is 1. The van der Waals surface area contributed by atoms with Crippen LogP contribution in [-0.2, 0) is 0 Å². The number of nitrogens with zero attached hydrogens (tertiary/aromatic N) is 1. The van der Waals surface area contributed by atoms with Crippen LogP contribution in [0.15, 0.2) is 24.3 Å². The van der Waals surface area contributed by atoms with Gasteiger partial charge in [0.2, 0.25) is 0 Å². The molecule has 0 saturated heterocycles. The first-order valence-electron chi connectivity index (χ1n) is 6.48. The molecule has 3 N–H and O–H groups in total. The van der Waals surface area contributed by atoms with Crippen LogP contribution < -0.4 is 5.32 Å². The second kappa shape index (κ2) is 7.49. The number of carboxylic acid groups (broad SMARTS) is 1. The summed E-state index contributed by atoms with van der Waals surface area (Å²) in [5.41, 5.74) is 0.311. The first-order chi connectivity index (χ1) is 9.47. The topological polar surface area (TPSA) is 89.9 Å². The van der Waals surface area contributed by atoms with Gasteiger partial charge in [0.1, 0.15) is 0 Å². The highest BCUT2D eigenvalue weighted by Gasteiger charge is 2.18. The van der Waals surface area contributed by atoms with Gasteiger partial charge in [-0.1, -0.05) is 12.1 Å². The minimum Gasteiger partial charge on any atom is -0.478 e. The number of aliphatic hydroxyl groups excluding tert-OH is 1. The van der Waals surface area contributed by atoms with Crippen LogP contribution in [0.1, 0.15) is 30.6 Å². The van der Waals surface area contributed by atoms with Crippen LogP contribution in [0.2, 0.25) is 0 Å². The molecule has 1 aromatic rings. The van der Waals surface area contributed by atoms with Crippen LogP contribution in [-0.4, -0.2) is 46.3 Å². The molecule has 0 saturated carbocycles. The van der Waals surface area contributed by atoms with Crippen molar-refractivity contribution >= 4 is 17.7 Å². The van der Waals surface area contributed by atoms with Crippen molar-refractivity contribution in [2.24, 2.45) is 0 Å². The molecule has 110 valence electrons. The van der Waals surface area contributed by atoms with Crippen molar-refractivity contribution in [1.29, 1.82) is 0 Å². The molecular formula is C14H20N2O4. The van der Waals surface area contributed by atoms with Crippen LogP contribution in [0.25, 0.3) is 0 Å². The van der Waals surface area contributed by atoms with Gasteiger partial charge in [0.05, 0.1) is 11.3 Å². The number of nitrogens with one attached hydrogen (secondary N) is 1. The van der Waals surface area contributed by atoms with Crippen molar-refractivity contribution in [2.75, 3.05) is 18.5 Å². The average molecular weight is 280 g/mol. The van der Waals surface area contributed by atoms with Gasteiger partial charge in [0, 0.05) is 19.2 Å². The fourth-order valence-electron chi connectivity index (χ4n) is 1.80. The fourth-order valence-corrected chi connectivity index (χ4v) is 1.80. The van der Waals surface area contributed by atoms with Crippen molar-refractivity contribution in [3.63, 3.8) is 0 Å². The molecule has 0 atom stereocenters. The van der Waals surface area contributed by atoms with Crippen LogP contribution in [0.3, 0.4) is 0 Å². The molecule has 20 heavy (non-hydrogen) atoms. The summed E-state index contributed by atoms with van der Waals surface area (Å²) in [7, 11) is 0. The molecule has 6 heteroatoms. The lowest BCUT2D eigenvalue weighted by Gasteiger charge is -2.27. The second-order valence-electron chi connectivity index (χ2n) is 4.65. The molecule has 0 spiro atoms. The summed E-state index contributed by atoms with van der Waals surface area (Å²) < 4.78 is 0. The van der Waals surface area contributed by atoms with Gasteiger partial charge in [0.15, 0.2) is 0 Å². The van der Waals surface area contributed by atoms with E-state index >= 15 is 0 Å². The number of rotatable bonds is 6. The third-order valence-electron chi connectivity index (χ3n) is 2.84. The number of para-hydroxylation sites is 1. The maximum Gasteiger partial charge on any atom is 0.337 e. The number of aliphatic hydroxyl groups is 1. The minimum absolute atomic E-state index is 0.00220. The lowest BCUT2D eigenvalue weighted by atomic mass is 10.2. The summed E-state index contributed by atoms with van der Waals surface area (Å²) in [6.45, 7) is 4.14. The Balaban J connectivity index is 2.85. The maximum absolute atomic E-state index is 12.2. The van der Waals surface area contributed by atoms with E-state index in [2.05, 4.69) is 5.32 Å². The van der Waals surface area contributed by atoms with E-state index in [9.17, 15) is 9.59 Å². The first kappa shape index (κ1) is 16.0. The molecule has 1 rings (SSSR count). The molecule has 0 fully saturated rings. The molecule has 0 unspecified atom stereocenters. The Morgan fingerprint density at radius 2 is 1.95 bits per heavy atom. The second-order valence-corrected chi connectivity index (χ2v) is 4.65. The Bertz CT molecular complexity index is 474. The van der Waals surface area contributed by atoms with Gasteiger partial charge in [-0.05, 0) is 32.4 Å². The number of benzene rings is 1. The van der Waals surface area contributed by atoms with E-state index in [1.165, 1.54) is 6.07 Å². The lowest BCUT2D eigenvalue weighted by Crippen LogP contribution is -2.41. The van der Waals surface area contributed by atoms with Crippen LogP contribution in [0.4, 0.5) is 10.5 Å². The molecule has 0 aliphatic heterocycles. The molecule has 1 aromatic carbocycles. The number of hydrogen-bond donors (Lipinski definition) is 3. The predicted molar refractivity (Wildman–Crippen MR) is 76.0 cm³/mol. The summed E-state index contributed by atoms with van der Waals surface area (Å²) in [6.07, 6.45) is 0.478. The molecule has 2 amide bonds. The van der Waals surface area contributed by atoms with Crippen molar-refractivity contribution in [3.8, 4) is 0 Å². The molecule has 0 aliphatic rings. The SMILES string of the molecule is CC(C)N(CCCO)C(=O)Nc1ccccc1C(=O)O. The summed E-state index contributed by atoms with van der Waals surface area (Å²) >= 11 is 0. The van der Waals surface area contributed by atoms with Gasteiger partial charge in [-0.25, -0.2) is 9.59 Å². The van der Waals surface area contributed by atoms with Gasteiger partial charge in [-0.2, -0.15) is 0 Å². The number of amides is 2. The summed E-state index contributed by atoms with van der Waals surface area (Å²) in [6, 6.07) is 5.83. The van der Waals surface area contributed by atoms with Crippen molar-refractivity contribution in [2.45, 2.75) is 26.3 Å². The maximum atomic E-state index is 12.2. The molecule has 0 aromatic heterocycles. The molecule has 0 radical (unpaired) electrons. The number of anilines is 1. The molecule has 6 nitrogen and oxygen atoms in total. The summed E-state index contributed by atoms with van der Waals surface area (Å²) in [4.78, 5) is 24.8. The highest BCUT2D eigenvalue weighted by Crippen LogP contribution is 2.16. The van der Waals surface area contributed by atoms with E-state index in [0.717, 1.165) is 0 Å². The Kier molecular flexibility index (Phi) is 5.99. The van der Waals surface area contributed by atoms with Crippen LogP contribution >= 0.6 is 0 Å². The molecule has 0 aliphatic carbocycles. The van der Waals surface area contributed by atoms with E-state index in [1.54, 1.807) is 23.1 Å². The van der Waals surface area contributed by atoms with E-state index in [-0.39, 0.29) is 29.9 Å². The zero-order valence-corrected chi connectivity index (χ0v) is 11.7. The smallest absolute Gasteiger partial charge is 0.337 e. The fraction of sp³-hybridized carbons (Fsp3) is 0.429. The lowest BCUT2D eigenvalue weighted by molar-refractivity contribution is 0.0698. The Morgan fingerprint density at radius 3 is 2.50 bits per heavy atom. The van der Waals surface area contributed by atoms with Gasteiger partial charge in [-0.15, -0.1) is 0 Å². The van der Waals surface area contributed by atoms with Crippen molar-refractivity contribution < 1.29 is 19.8 Å². The molecule has 0 heterocycles. The molecule has 0 bridgehead atoms. The third-order valence-corrected chi connectivity index (χ3v) is 2.84. The monoisotopic (exact) mass is 280 g/mol. The first-order valence-corrected chi connectivity index (χ1v) is 6.48. The standard InChI is InChI=1S/C14H20N2O4/c1-10(2)16(8-5-9-17)14(20)15-12-7-4-3-6-11(12)13(18)19/h3-4,6-7,10,17H,5,8-9H2,1-2H3,(H,15,20)(H,18,19). The van der Waals surface area contributed by atoms with Crippen LogP contribution in [0.5, 0.6) is 0 Å². The number of carboxylic acids is 1. The normalized spacial score (nSPS) is 10.4. The largest absolute Gasteiger partial charge is 0.478 e. The highest BCUT2D eigenvalue weighted by molar-refractivity contribution is 6.00. The van der Waals surface area contributed by atoms with E-state index < -0.39 is 5.97 Å². The Hall–Kier alpha value is -2.08. The van der Waals surface area contributed by atoms with Crippen LogP contribution in [0, 0.1) is 0 Å². The number of carbonyl (C=O) groups excluding carboxylic acids is 1. The Labute approximate surface area is 118 Å².